The number of amides is 2. The second-order valence-electron chi connectivity index (χ2n) is 7.75. The third-order valence-corrected chi connectivity index (χ3v) is 5.83. The molecule has 1 aliphatic rings. The van der Waals surface area contributed by atoms with Gasteiger partial charge in [0.2, 0.25) is 0 Å². The van der Waals surface area contributed by atoms with E-state index in [2.05, 4.69) is 50.8 Å². The maximum atomic E-state index is 12.2. The van der Waals surface area contributed by atoms with Crippen LogP contribution in [-0.4, -0.2) is 57.3 Å². The predicted molar refractivity (Wildman–Crippen MR) is 126 cm³/mol. The molecular formula is C25H30N4O2. The highest BCUT2D eigenvalue weighted by molar-refractivity contribution is 5.86. The molecule has 1 fully saturated rings. The number of nitrogens with zero attached hydrogens (tertiary/aromatic N) is 2. The van der Waals surface area contributed by atoms with Crippen molar-refractivity contribution in [1.29, 1.82) is 0 Å². The zero-order valence-corrected chi connectivity index (χ0v) is 18.0. The lowest BCUT2D eigenvalue weighted by Crippen LogP contribution is -2.49. The summed E-state index contributed by atoms with van der Waals surface area (Å²) in [4.78, 5) is 17.0. The van der Waals surface area contributed by atoms with E-state index in [1.165, 1.54) is 10.8 Å². The molecule has 1 aliphatic heterocycles. The van der Waals surface area contributed by atoms with Gasteiger partial charge in [-0.2, -0.15) is 0 Å². The molecule has 3 aromatic rings. The minimum atomic E-state index is -0.124. The Kier molecular flexibility index (Phi) is 6.89. The minimum Gasteiger partial charge on any atom is -0.495 e. The van der Waals surface area contributed by atoms with Crippen molar-refractivity contribution in [3.63, 3.8) is 0 Å². The zero-order valence-electron chi connectivity index (χ0n) is 18.0. The number of piperazine rings is 1. The van der Waals surface area contributed by atoms with Gasteiger partial charge < -0.3 is 20.3 Å². The lowest BCUT2D eigenvalue weighted by molar-refractivity contribution is 0.231. The van der Waals surface area contributed by atoms with Crippen molar-refractivity contribution in [2.45, 2.75) is 6.54 Å². The predicted octanol–water partition coefficient (Wildman–Crippen LogP) is 3.47. The number of para-hydroxylation sites is 2. The van der Waals surface area contributed by atoms with Crippen LogP contribution in [0.2, 0.25) is 0 Å². The summed E-state index contributed by atoms with van der Waals surface area (Å²) >= 11 is 0. The van der Waals surface area contributed by atoms with Gasteiger partial charge in [-0.1, -0.05) is 54.6 Å². The van der Waals surface area contributed by atoms with E-state index >= 15 is 0 Å². The van der Waals surface area contributed by atoms with Crippen molar-refractivity contribution in [2.24, 2.45) is 0 Å². The first kappa shape index (κ1) is 21.0. The molecular weight excluding hydrogens is 388 g/mol. The molecule has 3 aromatic carbocycles. The summed E-state index contributed by atoms with van der Waals surface area (Å²) in [6.07, 6.45) is 0. The summed E-state index contributed by atoms with van der Waals surface area (Å²) in [7, 11) is 1.71. The van der Waals surface area contributed by atoms with E-state index in [1.54, 1.807) is 7.11 Å². The molecule has 0 saturated carbocycles. The van der Waals surface area contributed by atoms with Crippen molar-refractivity contribution in [1.82, 2.24) is 15.5 Å². The third kappa shape index (κ3) is 5.27. The lowest BCUT2D eigenvalue weighted by Gasteiger charge is -2.36. The molecule has 0 spiro atoms. The Hall–Kier alpha value is -3.25. The van der Waals surface area contributed by atoms with Crippen molar-refractivity contribution in [2.75, 3.05) is 51.3 Å². The Morgan fingerprint density at radius 1 is 0.903 bits per heavy atom. The van der Waals surface area contributed by atoms with Crippen molar-refractivity contribution in [3.8, 4) is 5.75 Å². The quantitative estimate of drug-likeness (QED) is 0.617. The van der Waals surface area contributed by atoms with Crippen LogP contribution in [0.25, 0.3) is 10.8 Å². The number of ether oxygens (including phenoxy) is 1. The molecule has 2 N–H and O–H groups in total. The summed E-state index contributed by atoms with van der Waals surface area (Å²) in [5.41, 5.74) is 2.27. The average Bonchev–Trinajstić information content (AvgIpc) is 2.83. The number of nitrogens with one attached hydrogen (secondary N) is 2. The first-order valence-electron chi connectivity index (χ1n) is 10.8. The molecule has 162 valence electrons. The molecule has 0 unspecified atom stereocenters. The summed E-state index contributed by atoms with van der Waals surface area (Å²) in [5, 5.41) is 8.33. The van der Waals surface area contributed by atoms with Gasteiger partial charge in [-0.3, -0.25) is 4.90 Å². The average molecular weight is 419 g/mol. The third-order valence-electron chi connectivity index (χ3n) is 5.83. The van der Waals surface area contributed by atoms with E-state index in [0.717, 1.165) is 49.7 Å². The highest BCUT2D eigenvalue weighted by Gasteiger charge is 2.19. The standard InChI is InChI=1S/C25H30N4O2/c1-31-24-12-5-4-11-23(24)29-17-15-28(16-18-29)14-13-26-25(30)27-19-21-9-6-8-20-7-2-3-10-22(20)21/h2-12H,13-19H2,1H3,(H2,26,27,30). The van der Waals surface area contributed by atoms with Crippen molar-refractivity contribution < 1.29 is 9.53 Å². The normalized spacial score (nSPS) is 14.4. The van der Waals surface area contributed by atoms with Gasteiger partial charge in [0.1, 0.15) is 5.75 Å². The van der Waals surface area contributed by atoms with E-state index in [4.69, 9.17) is 4.74 Å². The summed E-state index contributed by atoms with van der Waals surface area (Å²) in [5.74, 6) is 0.917. The van der Waals surface area contributed by atoms with Crippen LogP contribution in [0.5, 0.6) is 5.75 Å². The van der Waals surface area contributed by atoms with Gasteiger partial charge in [0.15, 0.2) is 0 Å². The van der Waals surface area contributed by atoms with Gasteiger partial charge in [0, 0.05) is 45.8 Å². The lowest BCUT2D eigenvalue weighted by atomic mass is 10.0. The van der Waals surface area contributed by atoms with Gasteiger partial charge in [0.05, 0.1) is 12.8 Å². The van der Waals surface area contributed by atoms with Crippen LogP contribution in [0.3, 0.4) is 0 Å². The summed E-state index contributed by atoms with van der Waals surface area (Å²) < 4.78 is 5.49. The zero-order chi connectivity index (χ0) is 21.5. The van der Waals surface area contributed by atoms with Gasteiger partial charge >= 0.3 is 6.03 Å². The smallest absolute Gasteiger partial charge is 0.315 e. The molecule has 1 saturated heterocycles. The van der Waals surface area contributed by atoms with Gasteiger partial charge in [0.25, 0.3) is 0 Å². The number of rotatable bonds is 7. The van der Waals surface area contributed by atoms with Crippen molar-refractivity contribution in [3.05, 3.63) is 72.3 Å². The van der Waals surface area contributed by atoms with Crippen LogP contribution < -0.4 is 20.3 Å². The Labute approximate surface area is 183 Å². The monoisotopic (exact) mass is 418 g/mol. The van der Waals surface area contributed by atoms with Crippen LogP contribution in [0.15, 0.2) is 66.7 Å². The van der Waals surface area contributed by atoms with E-state index < -0.39 is 0 Å². The Balaban J connectivity index is 1.18. The molecule has 31 heavy (non-hydrogen) atoms. The van der Waals surface area contributed by atoms with Crippen LogP contribution >= 0.6 is 0 Å². The van der Waals surface area contributed by atoms with Crippen LogP contribution in [0.4, 0.5) is 10.5 Å². The Bertz CT molecular complexity index is 1010. The number of hydrogen-bond acceptors (Lipinski definition) is 4. The number of carbonyl (C=O) groups excluding carboxylic acids is 1. The van der Waals surface area contributed by atoms with E-state index in [0.29, 0.717) is 13.1 Å². The number of anilines is 1. The molecule has 6 nitrogen and oxygen atoms in total. The largest absolute Gasteiger partial charge is 0.495 e. The van der Waals surface area contributed by atoms with E-state index in [1.807, 2.05) is 36.4 Å². The molecule has 6 heteroatoms. The first-order chi connectivity index (χ1) is 15.2. The van der Waals surface area contributed by atoms with Crippen LogP contribution in [0, 0.1) is 0 Å². The Morgan fingerprint density at radius 3 is 2.48 bits per heavy atom. The number of urea groups is 1. The first-order valence-corrected chi connectivity index (χ1v) is 10.8. The molecule has 0 bridgehead atoms. The molecule has 2 amide bonds. The number of fused-ring (bicyclic) bond motifs is 1. The van der Waals surface area contributed by atoms with Gasteiger partial charge in [-0.25, -0.2) is 4.79 Å². The highest BCUT2D eigenvalue weighted by Crippen LogP contribution is 2.28. The molecule has 1 heterocycles. The van der Waals surface area contributed by atoms with Gasteiger partial charge in [-0.05, 0) is 28.5 Å². The van der Waals surface area contributed by atoms with Crippen molar-refractivity contribution >= 4 is 22.5 Å². The maximum Gasteiger partial charge on any atom is 0.315 e. The number of methoxy groups -OCH3 is 1. The fourth-order valence-electron chi connectivity index (χ4n) is 4.12. The SMILES string of the molecule is COc1ccccc1N1CCN(CCNC(=O)NCc2cccc3ccccc23)CC1. The Morgan fingerprint density at radius 2 is 1.65 bits per heavy atom. The van der Waals surface area contributed by atoms with Crippen LogP contribution in [-0.2, 0) is 6.54 Å². The molecule has 4 rings (SSSR count). The molecule has 0 aliphatic carbocycles. The second-order valence-corrected chi connectivity index (χ2v) is 7.75. The summed E-state index contributed by atoms with van der Waals surface area (Å²) in [6.45, 7) is 5.85. The molecule has 0 aromatic heterocycles. The number of benzene rings is 3. The molecule has 0 atom stereocenters. The number of carbonyl (C=O) groups is 1. The fourth-order valence-corrected chi connectivity index (χ4v) is 4.12. The van der Waals surface area contributed by atoms with Crippen LogP contribution in [0.1, 0.15) is 5.56 Å². The maximum absolute atomic E-state index is 12.2. The number of hydrogen-bond donors (Lipinski definition) is 2. The van der Waals surface area contributed by atoms with E-state index in [9.17, 15) is 4.79 Å². The van der Waals surface area contributed by atoms with E-state index in [-0.39, 0.29) is 6.03 Å². The highest BCUT2D eigenvalue weighted by atomic mass is 16.5. The fraction of sp³-hybridized carbons (Fsp3) is 0.320. The topological polar surface area (TPSA) is 56.8 Å². The second kappa shape index (κ2) is 10.2. The summed E-state index contributed by atoms with van der Waals surface area (Å²) in [6, 6.07) is 22.4. The molecule has 0 radical (unpaired) electrons. The minimum absolute atomic E-state index is 0.124. The van der Waals surface area contributed by atoms with Gasteiger partial charge in [-0.15, -0.1) is 0 Å².